The van der Waals surface area contributed by atoms with Crippen molar-refractivity contribution in [2.75, 3.05) is 24.3 Å². The molecule has 0 bridgehead atoms. The average Bonchev–Trinajstić information content (AvgIpc) is 2.73. The quantitative estimate of drug-likeness (QED) is 0.672. The van der Waals surface area contributed by atoms with Gasteiger partial charge in [-0.25, -0.2) is 0 Å². The molecule has 0 saturated carbocycles. The molecule has 142 valence electrons. The lowest BCUT2D eigenvalue weighted by atomic mass is 9.99. The first-order valence-electron chi connectivity index (χ1n) is 9.04. The van der Waals surface area contributed by atoms with Gasteiger partial charge in [-0.15, -0.1) is 0 Å². The van der Waals surface area contributed by atoms with E-state index >= 15 is 0 Å². The smallest absolute Gasteiger partial charge is 0.313 e. The molecule has 0 aliphatic heterocycles. The Labute approximate surface area is 165 Å². The molecule has 28 heavy (non-hydrogen) atoms. The van der Waals surface area contributed by atoms with Crippen LogP contribution in [-0.2, 0) is 9.59 Å². The van der Waals surface area contributed by atoms with Crippen molar-refractivity contribution in [3.63, 3.8) is 0 Å². The first-order chi connectivity index (χ1) is 13.5. The summed E-state index contributed by atoms with van der Waals surface area (Å²) in [6.45, 7) is 0. The highest BCUT2D eigenvalue weighted by atomic mass is 16.2. The molecule has 2 N–H and O–H groups in total. The minimum atomic E-state index is -0.700. The van der Waals surface area contributed by atoms with Crippen molar-refractivity contribution < 1.29 is 9.59 Å². The van der Waals surface area contributed by atoms with Gasteiger partial charge in [0.25, 0.3) is 0 Å². The van der Waals surface area contributed by atoms with E-state index < -0.39 is 17.9 Å². The molecule has 2 amide bonds. The van der Waals surface area contributed by atoms with E-state index in [9.17, 15) is 9.59 Å². The van der Waals surface area contributed by atoms with Gasteiger partial charge in [-0.1, -0.05) is 60.7 Å². The second-order valence-electron chi connectivity index (χ2n) is 6.62. The van der Waals surface area contributed by atoms with Crippen LogP contribution in [0.4, 0.5) is 11.4 Å². The highest BCUT2D eigenvalue weighted by Gasteiger charge is 2.21. The largest absolute Gasteiger partial charge is 0.378 e. The molecule has 0 aromatic heterocycles. The monoisotopic (exact) mass is 373 g/mol. The van der Waals surface area contributed by atoms with Crippen molar-refractivity contribution in [3.05, 3.63) is 96.1 Å². The molecule has 0 saturated heterocycles. The fourth-order valence-corrected chi connectivity index (χ4v) is 2.88. The van der Waals surface area contributed by atoms with E-state index in [0.29, 0.717) is 5.69 Å². The van der Waals surface area contributed by atoms with Gasteiger partial charge < -0.3 is 15.5 Å². The fraction of sp³-hybridized carbons (Fsp3) is 0.130. The molecule has 0 spiro atoms. The maximum Gasteiger partial charge on any atom is 0.313 e. The van der Waals surface area contributed by atoms with Crippen LogP contribution < -0.4 is 15.5 Å². The van der Waals surface area contributed by atoms with Gasteiger partial charge in [0.05, 0.1) is 6.04 Å². The molecule has 5 nitrogen and oxygen atoms in total. The van der Waals surface area contributed by atoms with Crippen molar-refractivity contribution in [1.82, 2.24) is 5.32 Å². The van der Waals surface area contributed by atoms with E-state index in [4.69, 9.17) is 0 Å². The molecule has 3 aromatic carbocycles. The summed E-state index contributed by atoms with van der Waals surface area (Å²) in [5, 5.41) is 5.49. The number of amides is 2. The number of benzene rings is 3. The standard InChI is InChI=1S/C23H23N3O2/c1-26(2)20-15-13-19(14-16-20)24-22(27)23(28)25-21(17-9-5-3-6-10-17)18-11-7-4-8-12-18/h3-16,21H,1-2H3,(H,24,27)(H,25,28). The molecule has 0 aliphatic rings. The topological polar surface area (TPSA) is 61.4 Å². The second kappa shape index (κ2) is 8.86. The lowest BCUT2D eigenvalue weighted by molar-refractivity contribution is -0.136. The summed E-state index contributed by atoms with van der Waals surface area (Å²) in [7, 11) is 3.88. The van der Waals surface area contributed by atoms with E-state index in [2.05, 4.69) is 10.6 Å². The summed E-state index contributed by atoms with van der Waals surface area (Å²) in [4.78, 5) is 26.9. The summed E-state index contributed by atoms with van der Waals surface area (Å²) >= 11 is 0. The van der Waals surface area contributed by atoms with Crippen LogP contribution in [0.25, 0.3) is 0 Å². The minimum Gasteiger partial charge on any atom is -0.378 e. The predicted octanol–water partition coefficient (Wildman–Crippen LogP) is 3.60. The van der Waals surface area contributed by atoms with Crippen molar-refractivity contribution in [1.29, 1.82) is 0 Å². The highest BCUT2D eigenvalue weighted by Crippen LogP contribution is 2.22. The van der Waals surface area contributed by atoms with Gasteiger partial charge in [0.1, 0.15) is 0 Å². The number of rotatable bonds is 5. The molecule has 0 aliphatic carbocycles. The third-order valence-corrected chi connectivity index (χ3v) is 4.39. The Morgan fingerprint density at radius 1 is 0.714 bits per heavy atom. The van der Waals surface area contributed by atoms with E-state index in [-0.39, 0.29) is 0 Å². The molecule has 0 unspecified atom stereocenters. The Morgan fingerprint density at radius 2 is 1.21 bits per heavy atom. The minimum absolute atomic E-state index is 0.406. The third-order valence-electron chi connectivity index (χ3n) is 4.39. The summed E-state index contributed by atoms with van der Waals surface area (Å²) in [5.74, 6) is -1.39. The molecular formula is C23H23N3O2. The Kier molecular flexibility index (Phi) is 6.07. The van der Waals surface area contributed by atoms with Crippen LogP contribution >= 0.6 is 0 Å². The molecule has 0 heterocycles. The third kappa shape index (κ3) is 4.76. The van der Waals surface area contributed by atoms with Crippen molar-refractivity contribution in [3.8, 4) is 0 Å². The van der Waals surface area contributed by atoms with Gasteiger partial charge in [-0.05, 0) is 35.4 Å². The number of hydrogen-bond donors (Lipinski definition) is 2. The first kappa shape index (κ1) is 19.2. The fourth-order valence-electron chi connectivity index (χ4n) is 2.88. The number of anilines is 2. The van der Waals surface area contributed by atoms with Gasteiger partial charge in [0.2, 0.25) is 0 Å². The number of hydrogen-bond acceptors (Lipinski definition) is 3. The molecule has 0 radical (unpaired) electrons. The normalized spacial score (nSPS) is 10.4. The van der Waals surface area contributed by atoms with Crippen molar-refractivity contribution >= 4 is 23.2 Å². The molecule has 3 aromatic rings. The summed E-state index contributed by atoms with van der Waals surface area (Å²) in [6.07, 6.45) is 0. The van der Waals surface area contributed by atoms with Crippen LogP contribution in [0, 0.1) is 0 Å². The average molecular weight is 373 g/mol. The molecule has 0 fully saturated rings. The van der Waals surface area contributed by atoms with Crippen LogP contribution in [0.5, 0.6) is 0 Å². The van der Waals surface area contributed by atoms with Crippen molar-refractivity contribution in [2.45, 2.75) is 6.04 Å². The maximum atomic E-state index is 12.5. The van der Waals surface area contributed by atoms with Crippen LogP contribution in [-0.4, -0.2) is 25.9 Å². The van der Waals surface area contributed by atoms with E-state index in [0.717, 1.165) is 16.8 Å². The maximum absolute atomic E-state index is 12.5. The SMILES string of the molecule is CN(C)c1ccc(NC(=O)C(=O)NC(c2ccccc2)c2ccccc2)cc1. The zero-order chi connectivity index (χ0) is 19.9. The zero-order valence-corrected chi connectivity index (χ0v) is 15.9. The lowest BCUT2D eigenvalue weighted by Crippen LogP contribution is -2.38. The number of carbonyl (C=O) groups excluding carboxylic acids is 2. The van der Waals surface area contributed by atoms with Crippen molar-refractivity contribution in [2.24, 2.45) is 0 Å². The van der Waals surface area contributed by atoms with Crippen LogP contribution in [0.3, 0.4) is 0 Å². The summed E-state index contributed by atoms with van der Waals surface area (Å²) < 4.78 is 0. The van der Waals surface area contributed by atoms with E-state index in [1.807, 2.05) is 91.8 Å². The number of nitrogens with one attached hydrogen (secondary N) is 2. The van der Waals surface area contributed by atoms with Gasteiger partial charge in [-0.2, -0.15) is 0 Å². The Bertz CT molecular complexity index is 884. The van der Waals surface area contributed by atoms with Gasteiger partial charge in [-0.3, -0.25) is 9.59 Å². The lowest BCUT2D eigenvalue weighted by Gasteiger charge is -2.19. The van der Waals surface area contributed by atoms with Gasteiger partial charge in [0, 0.05) is 25.5 Å². The summed E-state index contributed by atoms with van der Waals surface area (Å²) in [6, 6.07) is 26.1. The Balaban J connectivity index is 1.73. The Morgan fingerprint density at radius 3 is 1.68 bits per heavy atom. The molecular weight excluding hydrogens is 350 g/mol. The van der Waals surface area contributed by atoms with E-state index in [1.54, 1.807) is 12.1 Å². The zero-order valence-electron chi connectivity index (χ0n) is 15.9. The van der Waals surface area contributed by atoms with Crippen LogP contribution in [0.1, 0.15) is 17.2 Å². The van der Waals surface area contributed by atoms with E-state index in [1.165, 1.54) is 0 Å². The number of carbonyl (C=O) groups is 2. The van der Waals surface area contributed by atoms with Crippen LogP contribution in [0.2, 0.25) is 0 Å². The van der Waals surface area contributed by atoms with Gasteiger partial charge in [0.15, 0.2) is 0 Å². The first-order valence-corrected chi connectivity index (χ1v) is 9.04. The Hall–Kier alpha value is -3.60. The summed E-state index contributed by atoms with van der Waals surface area (Å²) in [5.41, 5.74) is 3.40. The highest BCUT2D eigenvalue weighted by molar-refractivity contribution is 6.39. The molecule has 3 rings (SSSR count). The van der Waals surface area contributed by atoms with Gasteiger partial charge >= 0.3 is 11.8 Å². The second-order valence-corrected chi connectivity index (χ2v) is 6.62. The van der Waals surface area contributed by atoms with Crippen LogP contribution in [0.15, 0.2) is 84.9 Å². The predicted molar refractivity (Wildman–Crippen MR) is 112 cm³/mol. The molecule has 0 atom stereocenters. The molecule has 5 heteroatoms. The number of nitrogens with zero attached hydrogens (tertiary/aromatic N) is 1.